The second-order valence-electron chi connectivity index (χ2n) is 7.77. The van der Waals surface area contributed by atoms with Gasteiger partial charge in [-0.25, -0.2) is 0 Å². The quantitative estimate of drug-likeness (QED) is 0.660. The van der Waals surface area contributed by atoms with Crippen molar-refractivity contribution in [3.05, 3.63) is 0 Å². The maximum Gasteiger partial charge on any atom is 0.0805 e. The SMILES string of the molecule is C[C@@H](OCCC(C)(C)C)[C@@H](C)OCCC(C)(C)C. The second kappa shape index (κ2) is 7.49. The maximum atomic E-state index is 5.84. The van der Waals surface area contributed by atoms with Crippen LogP contribution in [0.5, 0.6) is 0 Å². The van der Waals surface area contributed by atoms with E-state index in [1.54, 1.807) is 0 Å². The molecule has 0 aliphatic heterocycles. The lowest BCUT2D eigenvalue weighted by Crippen LogP contribution is -2.28. The maximum absolute atomic E-state index is 5.84. The Morgan fingerprint density at radius 1 is 0.667 bits per heavy atom. The number of hydrogen-bond acceptors (Lipinski definition) is 2. The van der Waals surface area contributed by atoms with Crippen molar-refractivity contribution in [2.45, 2.75) is 80.4 Å². The van der Waals surface area contributed by atoms with Gasteiger partial charge in [0.15, 0.2) is 0 Å². The topological polar surface area (TPSA) is 18.5 Å². The highest BCUT2D eigenvalue weighted by molar-refractivity contribution is 4.65. The zero-order valence-corrected chi connectivity index (χ0v) is 13.8. The lowest BCUT2D eigenvalue weighted by Gasteiger charge is -2.25. The molecule has 0 spiro atoms. The summed E-state index contributed by atoms with van der Waals surface area (Å²) < 4.78 is 11.7. The van der Waals surface area contributed by atoms with Crippen LogP contribution >= 0.6 is 0 Å². The van der Waals surface area contributed by atoms with Crippen molar-refractivity contribution in [3.63, 3.8) is 0 Å². The van der Waals surface area contributed by atoms with Crippen molar-refractivity contribution < 1.29 is 9.47 Å². The Morgan fingerprint density at radius 2 is 0.944 bits per heavy atom. The lowest BCUT2D eigenvalue weighted by atomic mass is 9.93. The standard InChI is InChI=1S/C16H34O2/c1-13(17-11-9-15(3,4)5)14(2)18-12-10-16(6,7)8/h13-14H,9-12H2,1-8H3/t13-,14-/m1/s1. The summed E-state index contributed by atoms with van der Waals surface area (Å²) in [7, 11) is 0. The molecule has 2 atom stereocenters. The van der Waals surface area contributed by atoms with Crippen LogP contribution in [0.25, 0.3) is 0 Å². The smallest absolute Gasteiger partial charge is 0.0805 e. The fourth-order valence-corrected chi connectivity index (χ4v) is 1.37. The highest BCUT2D eigenvalue weighted by atomic mass is 16.5. The van der Waals surface area contributed by atoms with Gasteiger partial charge < -0.3 is 9.47 Å². The van der Waals surface area contributed by atoms with Crippen molar-refractivity contribution in [3.8, 4) is 0 Å². The monoisotopic (exact) mass is 258 g/mol. The molecule has 0 aliphatic carbocycles. The molecule has 0 aromatic rings. The molecule has 0 aromatic heterocycles. The first-order valence-corrected chi connectivity index (χ1v) is 7.24. The van der Waals surface area contributed by atoms with Crippen LogP contribution in [0.2, 0.25) is 0 Å². The Bertz CT molecular complexity index is 186. The number of hydrogen-bond donors (Lipinski definition) is 0. The summed E-state index contributed by atoms with van der Waals surface area (Å²) in [5.74, 6) is 0. The molecule has 110 valence electrons. The van der Waals surface area contributed by atoms with E-state index in [1.807, 2.05) is 0 Å². The van der Waals surface area contributed by atoms with Gasteiger partial charge in [-0.1, -0.05) is 41.5 Å². The van der Waals surface area contributed by atoms with Crippen LogP contribution < -0.4 is 0 Å². The summed E-state index contributed by atoms with van der Waals surface area (Å²) in [5.41, 5.74) is 0.687. The minimum atomic E-state index is 0.173. The molecule has 0 rings (SSSR count). The molecule has 0 N–H and O–H groups in total. The van der Waals surface area contributed by atoms with E-state index < -0.39 is 0 Å². The predicted octanol–water partition coefficient (Wildman–Crippen LogP) is 4.67. The van der Waals surface area contributed by atoms with Gasteiger partial charge in [0.25, 0.3) is 0 Å². The van der Waals surface area contributed by atoms with Crippen molar-refractivity contribution in [2.24, 2.45) is 10.8 Å². The first kappa shape index (κ1) is 17.9. The first-order chi connectivity index (χ1) is 8.01. The second-order valence-corrected chi connectivity index (χ2v) is 7.77. The van der Waals surface area contributed by atoms with Crippen LogP contribution in [0.4, 0.5) is 0 Å². The lowest BCUT2D eigenvalue weighted by molar-refractivity contribution is -0.0652. The molecule has 0 saturated carbocycles. The van der Waals surface area contributed by atoms with E-state index in [-0.39, 0.29) is 12.2 Å². The fourth-order valence-electron chi connectivity index (χ4n) is 1.37. The zero-order chi connectivity index (χ0) is 14.4. The van der Waals surface area contributed by atoms with Crippen LogP contribution in [0.3, 0.4) is 0 Å². The van der Waals surface area contributed by atoms with Gasteiger partial charge in [-0.15, -0.1) is 0 Å². The molecule has 0 radical (unpaired) electrons. The van der Waals surface area contributed by atoms with Gasteiger partial charge in [-0.2, -0.15) is 0 Å². The van der Waals surface area contributed by atoms with Gasteiger partial charge in [0, 0.05) is 13.2 Å². The molecular weight excluding hydrogens is 224 g/mol. The van der Waals surface area contributed by atoms with Crippen LogP contribution in [0, 0.1) is 10.8 Å². The Hall–Kier alpha value is -0.0800. The van der Waals surface area contributed by atoms with Crippen molar-refractivity contribution in [1.29, 1.82) is 0 Å². The third-order valence-corrected chi connectivity index (χ3v) is 3.13. The van der Waals surface area contributed by atoms with E-state index >= 15 is 0 Å². The van der Waals surface area contributed by atoms with Crippen molar-refractivity contribution in [2.75, 3.05) is 13.2 Å². The molecule has 0 unspecified atom stereocenters. The summed E-state index contributed by atoms with van der Waals surface area (Å²) in [4.78, 5) is 0. The normalized spacial score (nSPS) is 16.7. The molecular formula is C16H34O2. The van der Waals surface area contributed by atoms with Crippen molar-refractivity contribution in [1.82, 2.24) is 0 Å². The minimum Gasteiger partial charge on any atom is -0.376 e. The molecule has 0 aliphatic rings. The molecule has 18 heavy (non-hydrogen) atoms. The van der Waals surface area contributed by atoms with E-state index in [9.17, 15) is 0 Å². The van der Waals surface area contributed by atoms with Gasteiger partial charge in [0.05, 0.1) is 12.2 Å². The molecule has 2 nitrogen and oxygen atoms in total. The van der Waals surface area contributed by atoms with E-state index in [4.69, 9.17) is 9.47 Å². The summed E-state index contributed by atoms with van der Waals surface area (Å²) in [6.07, 6.45) is 2.53. The first-order valence-electron chi connectivity index (χ1n) is 7.24. The van der Waals surface area contributed by atoms with Gasteiger partial charge in [0.2, 0.25) is 0 Å². The van der Waals surface area contributed by atoms with Crippen LogP contribution in [-0.2, 0) is 9.47 Å². The van der Waals surface area contributed by atoms with Gasteiger partial charge in [0.1, 0.15) is 0 Å². The van der Waals surface area contributed by atoms with Crippen LogP contribution in [0.1, 0.15) is 68.2 Å². The largest absolute Gasteiger partial charge is 0.376 e. The highest BCUT2D eigenvalue weighted by Gasteiger charge is 2.17. The summed E-state index contributed by atoms with van der Waals surface area (Å²) in [5, 5.41) is 0. The average Bonchev–Trinajstić information content (AvgIpc) is 2.13. The summed E-state index contributed by atoms with van der Waals surface area (Å²) >= 11 is 0. The Morgan fingerprint density at radius 3 is 1.17 bits per heavy atom. The Balaban J connectivity index is 3.73. The van der Waals surface area contributed by atoms with E-state index in [2.05, 4.69) is 55.4 Å². The number of rotatable bonds is 7. The zero-order valence-electron chi connectivity index (χ0n) is 13.8. The molecule has 0 bridgehead atoms. The third kappa shape index (κ3) is 11.0. The van der Waals surface area contributed by atoms with Crippen LogP contribution in [-0.4, -0.2) is 25.4 Å². The van der Waals surface area contributed by atoms with Crippen LogP contribution in [0.15, 0.2) is 0 Å². The predicted molar refractivity (Wildman–Crippen MR) is 79.0 cm³/mol. The van der Waals surface area contributed by atoms with E-state index in [0.29, 0.717) is 10.8 Å². The minimum absolute atomic E-state index is 0.173. The van der Waals surface area contributed by atoms with Gasteiger partial charge in [-0.05, 0) is 37.5 Å². The third-order valence-electron chi connectivity index (χ3n) is 3.13. The molecule has 0 amide bonds. The highest BCUT2D eigenvalue weighted by Crippen LogP contribution is 2.20. The Kier molecular flexibility index (Phi) is 7.46. The molecule has 0 heterocycles. The Labute approximate surface area is 114 Å². The fraction of sp³-hybridized carbons (Fsp3) is 1.00. The summed E-state index contributed by atoms with van der Waals surface area (Å²) in [6.45, 7) is 19.3. The van der Waals surface area contributed by atoms with Crippen molar-refractivity contribution >= 4 is 0 Å². The van der Waals surface area contributed by atoms with Gasteiger partial charge in [-0.3, -0.25) is 0 Å². The molecule has 2 heteroatoms. The van der Waals surface area contributed by atoms with E-state index in [0.717, 1.165) is 26.1 Å². The number of ether oxygens (including phenoxy) is 2. The molecule has 0 aromatic carbocycles. The molecule has 0 saturated heterocycles. The van der Waals surface area contributed by atoms with Gasteiger partial charge >= 0.3 is 0 Å². The average molecular weight is 258 g/mol. The molecule has 0 fully saturated rings. The van der Waals surface area contributed by atoms with E-state index in [1.165, 1.54) is 0 Å². The summed E-state index contributed by atoms with van der Waals surface area (Å²) in [6, 6.07) is 0.